The summed E-state index contributed by atoms with van der Waals surface area (Å²) in [5.74, 6) is 1.46. The predicted molar refractivity (Wildman–Crippen MR) is 74.5 cm³/mol. The molecule has 0 bridgehead atoms. The lowest BCUT2D eigenvalue weighted by atomic mass is 9.95. The van der Waals surface area contributed by atoms with E-state index in [9.17, 15) is 9.90 Å². The van der Waals surface area contributed by atoms with E-state index in [1.165, 1.54) is 0 Å². The van der Waals surface area contributed by atoms with E-state index in [0.29, 0.717) is 12.8 Å². The van der Waals surface area contributed by atoms with Crippen LogP contribution in [-0.4, -0.2) is 28.1 Å². The summed E-state index contributed by atoms with van der Waals surface area (Å²) in [6, 6.07) is 9.73. The van der Waals surface area contributed by atoms with Crippen LogP contribution in [0.15, 0.2) is 30.3 Å². The molecule has 18 heavy (non-hydrogen) atoms. The number of hydrogen-bond acceptors (Lipinski definition) is 3. The van der Waals surface area contributed by atoms with Gasteiger partial charge in [0.1, 0.15) is 5.60 Å². The largest absolute Gasteiger partial charge is 0.380 e. The molecule has 1 aliphatic rings. The zero-order valence-corrected chi connectivity index (χ0v) is 11.4. The van der Waals surface area contributed by atoms with Crippen LogP contribution in [0.5, 0.6) is 0 Å². The Bertz CT molecular complexity index is 402. The Kier molecular flexibility index (Phi) is 4.30. The van der Waals surface area contributed by atoms with E-state index in [1.54, 1.807) is 11.8 Å². The predicted octanol–water partition coefficient (Wildman–Crippen LogP) is 2.12. The van der Waals surface area contributed by atoms with Gasteiger partial charge < -0.3 is 10.4 Å². The van der Waals surface area contributed by atoms with E-state index in [0.717, 1.165) is 17.1 Å². The van der Waals surface area contributed by atoms with Crippen molar-refractivity contribution in [2.45, 2.75) is 31.4 Å². The first kappa shape index (κ1) is 13.4. The second kappa shape index (κ2) is 5.76. The highest BCUT2D eigenvalue weighted by molar-refractivity contribution is 7.99. The molecule has 2 N–H and O–H groups in total. The topological polar surface area (TPSA) is 49.3 Å². The fourth-order valence-electron chi connectivity index (χ4n) is 2.09. The number of carbonyl (C=O) groups is 1. The number of amides is 1. The fourth-order valence-corrected chi connectivity index (χ4v) is 3.26. The van der Waals surface area contributed by atoms with E-state index >= 15 is 0 Å². The van der Waals surface area contributed by atoms with E-state index in [4.69, 9.17) is 0 Å². The molecule has 1 aromatic rings. The summed E-state index contributed by atoms with van der Waals surface area (Å²) in [5, 5.41) is 13.2. The summed E-state index contributed by atoms with van der Waals surface area (Å²) >= 11 is 1.79. The van der Waals surface area contributed by atoms with Gasteiger partial charge in [0.15, 0.2) is 0 Å². The molecular weight excluding hydrogens is 246 g/mol. The summed E-state index contributed by atoms with van der Waals surface area (Å²) in [5.41, 5.74) is -0.117. The number of carbonyl (C=O) groups excluding carboxylic acids is 1. The summed E-state index contributed by atoms with van der Waals surface area (Å²) < 4.78 is 0. The molecule has 3 nitrogen and oxygen atoms in total. The van der Waals surface area contributed by atoms with Crippen LogP contribution >= 0.6 is 11.8 Å². The van der Waals surface area contributed by atoms with Gasteiger partial charge in [0.25, 0.3) is 5.91 Å². The van der Waals surface area contributed by atoms with E-state index in [-0.39, 0.29) is 11.9 Å². The SMILES string of the molecule is C[C@@H](NC(=O)C1(O)CCSCC1)c1ccccc1. The minimum absolute atomic E-state index is 0.0719. The fraction of sp³-hybridized carbons (Fsp3) is 0.500. The highest BCUT2D eigenvalue weighted by Gasteiger charge is 2.37. The summed E-state index contributed by atoms with van der Waals surface area (Å²) in [4.78, 5) is 12.1. The lowest BCUT2D eigenvalue weighted by Crippen LogP contribution is -2.49. The van der Waals surface area contributed by atoms with Crippen LogP contribution in [0, 0.1) is 0 Å². The van der Waals surface area contributed by atoms with Gasteiger partial charge >= 0.3 is 0 Å². The van der Waals surface area contributed by atoms with Crippen LogP contribution < -0.4 is 5.32 Å². The molecule has 1 aliphatic heterocycles. The Hall–Kier alpha value is -1.00. The number of rotatable bonds is 3. The van der Waals surface area contributed by atoms with Crippen molar-refractivity contribution in [3.8, 4) is 0 Å². The number of benzene rings is 1. The van der Waals surface area contributed by atoms with Gasteiger partial charge in [0.05, 0.1) is 6.04 Å². The zero-order valence-electron chi connectivity index (χ0n) is 10.6. The minimum atomic E-state index is -1.17. The van der Waals surface area contributed by atoms with Gasteiger partial charge in [-0.25, -0.2) is 0 Å². The van der Waals surface area contributed by atoms with Crippen LogP contribution in [0.3, 0.4) is 0 Å². The molecular formula is C14H19NO2S. The number of aliphatic hydroxyl groups is 1. The van der Waals surface area contributed by atoms with E-state index in [1.807, 2.05) is 37.3 Å². The average molecular weight is 265 g/mol. The van der Waals surface area contributed by atoms with Gasteiger partial charge in [0, 0.05) is 0 Å². The number of thioether (sulfide) groups is 1. The van der Waals surface area contributed by atoms with Crippen molar-refractivity contribution in [3.05, 3.63) is 35.9 Å². The first-order chi connectivity index (χ1) is 8.62. The molecule has 0 radical (unpaired) electrons. The molecule has 1 aromatic carbocycles. The lowest BCUT2D eigenvalue weighted by molar-refractivity contribution is -0.141. The molecule has 0 aromatic heterocycles. The number of hydrogen-bond donors (Lipinski definition) is 2. The second-order valence-corrected chi connectivity index (χ2v) is 5.97. The molecule has 1 saturated heterocycles. The summed E-state index contributed by atoms with van der Waals surface area (Å²) in [7, 11) is 0. The molecule has 0 saturated carbocycles. The molecule has 2 rings (SSSR count). The molecule has 1 atom stereocenters. The smallest absolute Gasteiger partial charge is 0.252 e. The van der Waals surface area contributed by atoms with Gasteiger partial charge in [0.2, 0.25) is 0 Å². The highest BCUT2D eigenvalue weighted by atomic mass is 32.2. The van der Waals surface area contributed by atoms with Crippen molar-refractivity contribution in [2.24, 2.45) is 0 Å². The molecule has 1 heterocycles. The van der Waals surface area contributed by atoms with Crippen molar-refractivity contribution in [1.29, 1.82) is 0 Å². The third-order valence-electron chi connectivity index (χ3n) is 3.39. The Labute approximate surface area is 112 Å². The van der Waals surface area contributed by atoms with Crippen molar-refractivity contribution >= 4 is 17.7 Å². The van der Waals surface area contributed by atoms with E-state index < -0.39 is 5.60 Å². The van der Waals surface area contributed by atoms with Crippen LogP contribution in [0.4, 0.5) is 0 Å². The maximum absolute atomic E-state index is 12.1. The maximum Gasteiger partial charge on any atom is 0.252 e. The first-order valence-corrected chi connectivity index (χ1v) is 7.43. The highest BCUT2D eigenvalue weighted by Crippen LogP contribution is 2.27. The molecule has 98 valence electrons. The zero-order chi connectivity index (χ0) is 13.0. The second-order valence-electron chi connectivity index (χ2n) is 4.75. The van der Waals surface area contributed by atoms with Gasteiger partial charge in [-0.05, 0) is 36.8 Å². The van der Waals surface area contributed by atoms with Crippen molar-refractivity contribution < 1.29 is 9.90 Å². The summed E-state index contributed by atoms with van der Waals surface area (Å²) in [6.45, 7) is 1.94. The van der Waals surface area contributed by atoms with Crippen molar-refractivity contribution in [1.82, 2.24) is 5.32 Å². The van der Waals surface area contributed by atoms with Gasteiger partial charge in [-0.2, -0.15) is 11.8 Å². The summed E-state index contributed by atoms with van der Waals surface area (Å²) in [6.07, 6.45) is 1.09. The van der Waals surface area contributed by atoms with Crippen molar-refractivity contribution in [2.75, 3.05) is 11.5 Å². The quantitative estimate of drug-likeness (QED) is 0.880. The van der Waals surface area contributed by atoms with Gasteiger partial charge in [-0.15, -0.1) is 0 Å². The molecule has 0 unspecified atom stereocenters. The average Bonchev–Trinajstić information content (AvgIpc) is 2.40. The standard InChI is InChI=1S/C14H19NO2S/c1-11(12-5-3-2-4-6-12)15-13(16)14(17)7-9-18-10-8-14/h2-6,11,17H,7-10H2,1H3,(H,15,16)/t11-/m1/s1. The van der Waals surface area contributed by atoms with Crippen LogP contribution in [-0.2, 0) is 4.79 Å². The van der Waals surface area contributed by atoms with Crippen LogP contribution in [0.2, 0.25) is 0 Å². The van der Waals surface area contributed by atoms with Gasteiger partial charge in [-0.1, -0.05) is 30.3 Å². The number of nitrogens with one attached hydrogen (secondary N) is 1. The Morgan fingerprint density at radius 3 is 2.56 bits per heavy atom. The van der Waals surface area contributed by atoms with Crippen LogP contribution in [0.1, 0.15) is 31.4 Å². The third kappa shape index (κ3) is 3.06. The molecule has 1 amide bonds. The molecule has 4 heteroatoms. The normalized spacial score (nSPS) is 20.1. The minimum Gasteiger partial charge on any atom is -0.380 e. The van der Waals surface area contributed by atoms with Gasteiger partial charge in [-0.3, -0.25) is 4.79 Å². The van der Waals surface area contributed by atoms with E-state index in [2.05, 4.69) is 5.32 Å². The Balaban J connectivity index is 1.98. The molecule has 1 fully saturated rings. The Morgan fingerprint density at radius 2 is 1.94 bits per heavy atom. The monoisotopic (exact) mass is 265 g/mol. The first-order valence-electron chi connectivity index (χ1n) is 6.28. The molecule has 0 aliphatic carbocycles. The molecule has 0 spiro atoms. The Morgan fingerprint density at radius 1 is 1.33 bits per heavy atom. The van der Waals surface area contributed by atoms with Crippen molar-refractivity contribution in [3.63, 3.8) is 0 Å². The third-order valence-corrected chi connectivity index (χ3v) is 4.38. The lowest BCUT2D eigenvalue weighted by Gasteiger charge is -2.31. The van der Waals surface area contributed by atoms with Crippen LogP contribution in [0.25, 0.3) is 0 Å². The maximum atomic E-state index is 12.1.